The summed E-state index contributed by atoms with van der Waals surface area (Å²) in [5.74, 6) is -0.600. The maximum absolute atomic E-state index is 10.9. The molecule has 0 radical (unpaired) electrons. The lowest BCUT2D eigenvalue weighted by Crippen LogP contribution is -2.28. The topological polar surface area (TPSA) is 40.5 Å². The van der Waals surface area contributed by atoms with E-state index in [4.69, 9.17) is 5.11 Å². The van der Waals surface area contributed by atoms with Gasteiger partial charge in [0.2, 0.25) is 0 Å². The first-order valence-electron chi connectivity index (χ1n) is 7.65. The average molecular weight is 297 g/mol. The first-order valence-corrected chi connectivity index (χ1v) is 7.65. The highest BCUT2D eigenvalue weighted by atomic mass is 16.4. The molecule has 2 aromatic rings. The van der Waals surface area contributed by atoms with Crippen LogP contribution in [0.25, 0.3) is 0 Å². The van der Waals surface area contributed by atoms with Gasteiger partial charge in [-0.3, -0.25) is 9.69 Å². The minimum atomic E-state index is -0.730. The smallest absolute Gasteiger partial charge is 0.303 e. The number of carboxylic acid groups (broad SMARTS) is 1. The Hall–Kier alpha value is -2.13. The van der Waals surface area contributed by atoms with Gasteiger partial charge in [0.05, 0.1) is 0 Å². The van der Waals surface area contributed by atoms with Crippen molar-refractivity contribution in [3.8, 4) is 0 Å². The van der Waals surface area contributed by atoms with Crippen LogP contribution in [0.5, 0.6) is 0 Å². The Morgan fingerprint density at radius 1 is 0.955 bits per heavy atom. The van der Waals surface area contributed by atoms with Crippen LogP contribution in [0.1, 0.15) is 24.5 Å². The van der Waals surface area contributed by atoms with Crippen molar-refractivity contribution >= 4 is 5.97 Å². The maximum atomic E-state index is 10.9. The zero-order valence-corrected chi connectivity index (χ0v) is 13.0. The van der Waals surface area contributed by atoms with Gasteiger partial charge >= 0.3 is 5.97 Å². The molecule has 1 N–H and O–H groups in total. The maximum Gasteiger partial charge on any atom is 0.303 e. The number of hydrogen-bond acceptors (Lipinski definition) is 2. The third kappa shape index (κ3) is 5.70. The predicted octanol–water partition coefficient (Wildman–Crippen LogP) is 3.80. The molecule has 1 unspecified atom stereocenters. The quantitative estimate of drug-likeness (QED) is 0.805. The minimum absolute atomic E-state index is 0.130. The van der Waals surface area contributed by atoms with Gasteiger partial charge in [-0.25, -0.2) is 0 Å². The predicted molar refractivity (Wildman–Crippen MR) is 88.4 cm³/mol. The Morgan fingerprint density at radius 2 is 1.41 bits per heavy atom. The molecule has 0 fully saturated rings. The lowest BCUT2D eigenvalue weighted by Gasteiger charge is -2.25. The first kappa shape index (κ1) is 16.2. The zero-order valence-electron chi connectivity index (χ0n) is 13.0. The van der Waals surface area contributed by atoms with Crippen molar-refractivity contribution in [3.63, 3.8) is 0 Å². The molecule has 0 saturated carbocycles. The Bertz CT molecular complexity index is 527. The average Bonchev–Trinajstić information content (AvgIpc) is 2.48. The van der Waals surface area contributed by atoms with E-state index in [0.717, 1.165) is 19.6 Å². The number of nitrogens with zero attached hydrogens (tertiary/aromatic N) is 1. The summed E-state index contributed by atoms with van der Waals surface area (Å²) >= 11 is 0. The Morgan fingerprint density at radius 3 is 1.82 bits per heavy atom. The Balaban J connectivity index is 2.04. The summed E-state index contributed by atoms with van der Waals surface area (Å²) in [6.07, 6.45) is 0.208. The molecule has 3 nitrogen and oxygen atoms in total. The van der Waals surface area contributed by atoms with Crippen LogP contribution in [-0.2, 0) is 17.9 Å². The van der Waals surface area contributed by atoms with Gasteiger partial charge in [-0.15, -0.1) is 0 Å². The van der Waals surface area contributed by atoms with Gasteiger partial charge in [0.15, 0.2) is 0 Å². The van der Waals surface area contributed by atoms with Gasteiger partial charge in [0.25, 0.3) is 0 Å². The van der Waals surface area contributed by atoms with Crippen LogP contribution in [0.2, 0.25) is 0 Å². The molecule has 0 saturated heterocycles. The fraction of sp³-hybridized carbons (Fsp3) is 0.316. The summed E-state index contributed by atoms with van der Waals surface area (Å²) in [5.41, 5.74) is 2.50. The molecule has 116 valence electrons. The van der Waals surface area contributed by atoms with E-state index in [0.29, 0.717) is 0 Å². The Kier molecular flexibility index (Phi) is 6.16. The number of carbonyl (C=O) groups is 1. The molecule has 0 aliphatic rings. The van der Waals surface area contributed by atoms with E-state index in [1.807, 2.05) is 43.3 Å². The monoisotopic (exact) mass is 297 g/mol. The summed E-state index contributed by atoms with van der Waals surface area (Å²) in [4.78, 5) is 13.2. The van der Waals surface area contributed by atoms with Crippen molar-refractivity contribution < 1.29 is 9.90 Å². The molecule has 22 heavy (non-hydrogen) atoms. The van der Waals surface area contributed by atoms with Crippen LogP contribution in [-0.4, -0.2) is 22.5 Å². The van der Waals surface area contributed by atoms with E-state index < -0.39 is 5.97 Å². The largest absolute Gasteiger partial charge is 0.481 e. The van der Waals surface area contributed by atoms with Gasteiger partial charge in [-0.05, 0) is 17.0 Å². The van der Waals surface area contributed by atoms with E-state index in [1.54, 1.807) is 0 Å². The highest BCUT2D eigenvalue weighted by Crippen LogP contribution is 2.14. The lowest BCUT2D eigenvalue weighted by molar-refractivity contribution is -0.138. The van der Waals surface area contributed by atoms with Crippen molar-refractivity contribution in [2.24, 2.45) is 5.92 Å². The van der Waals surface area contributed by atoms with Crippen molar-refractivity contribution in [2.45, 2.75) is 26.4 Å². The van der Waals surface area contributed by atoms with Crippen molar-refractivity contribution in [3.05, 3.63) is 71.8 Å². The second-order valence-corrected chi connectivity index (χ2v) is 5.84. The van der Waals surface area contributed by atoms with Crippen LogP contribution in [0.15, 0.2) is 60.7 Å². The molecule has 0 aromatic heterocycles. The molecule has 0 amide bonds. The molecule has 2 aromatic carbocycles. The molecule has 0 heterocycles. The van der Waals surface area contributed by atoms with Gasteiger partial charge in [-0.2, -0.15) is 0 Å². The zero-order chi connectivity index (χ0) is 15.8. The third-order valence-corrected chi connectivity index (χ3v) is 3.59. The van der Waals surface area contributed by atoms with E-state index in [2.05, 4.69) is 29.2 Å². The number of benzene rings is 2. The molecular weight excluding hydrogens is 274 g/mol. The van der Waals surface area contributed by atoms with Crippen molar-refractivity contribution in [2.75, 3.05) is 6.54 Å². The summed E-state index contributed by atoms with van der Waals surface area (Å²) in [7, 11) is 0. The highest BCUT2D eigenvalue weighted by Gasteiger charge is 2.14. The fourth-order valence-electron chi connectivity index (χ4n) is 2.67. The summed E-state index contributed by atoms with van der Waals surface area (Å²) in [6, 6.07) is 20.6. The normalized spacial score (nSPS) is 12.3. The number of rotatable bonds is 8. The fourth-order valence-corrected chi connectivity index (χ4v) is 2.67. The van der Waals surface area contributed by atoms with Gasteiger partial charge < -0.3 is 5.11 Å². The van der Waals surface area contributed by atoms with Crippen LogP contribution < -0.4 is 0 Å². The molecule has 3 heteroatoms. The standard InChI is InChI=1S/C19H23NO2/c1-16(12-19(21)22)13-20(14-17-8-4-2-5-9-17)15-18-10-6-3-7-11-18/h2-11,16H,12-15H2,1H3,(H,21,22). The Labute approximate surface area is 132 Å². The van der Waals surface area contributed by atoms with E-state index in [1.165, 1.54) is 11.1 Å². The number of aliphatic carboxylic acids is 1. The van der Waals surface area contributed by atoms with Crippen molar-refractivity contribution in [1.29, 1.82) is 0 Å². The lowest BCUT2D eigenvalue weighted by atomic mass is 10.1. The van der Waals surface area contributed by atoms with Gasteiger partial charge in [0.1, 0.15) is 0 Å². The van der Waals surface area contributed by atoms with Gasteiger partial charge in [0, 0.05) is 26.1 Å². The van der Waals surface area contributed by atoms with Crippen LogP contribution in [0.3, 0.4) is 0 Å². The summed E-state index contributed by atoms with van der Waals surface area (Å²) in [5, 5.41) is 8.96. The SMILES string of the molecule is CC(CC(=O)O)CN(Cc1ccccc1)Cc1ccccc1. The molecule has 0 bridgehead atoms. The first-order chi connectivity index (χ1) is 10.6. The summed E-state index contributed by atoms with van der Waals surface area (Å²) < 4.78 is 0. The molecule has 0 aliphatic heterocycles. The van der Waals surface area contributed by atoms with Crippen LogP contribution >= 0.6 is 0 Å². The number of carboxylic acids is 1. The molecule has 0 aliphatic carbocycles. The molecule has 2 rings (SSSR count). The van der Waals surface area contributed by atoms with Gasteiger partial charge in [-0.1, -0.05) is 67.6 Å². The minimum Gasteiger partial charge on any atom is -0.481 e. The van der Waals surface area contributed by atoms with Crippen LogP contribution in [0.4, 0.5) is 0 Å². The third-order valence-electron chi connectivity index (χ3n) is 3.59. The van der Waals surface area contributed by atoms with E-state index in [-0.39, 0.29) is 12.3 Å². The van der Waals surface area contributed by atoms with E-state index in [9.17, 15) is 4.79 Å². The van der Waals surface area contributed by atoms with E-state index >= 15 is 0 Å². The molecule has 0 spiro atoms. The molecular formula is C19H23NO2. The second-order valence-electron chi connectivity index (χ2n) is 5.84. The van der Waals surface area contributed by atoms with Crippen molar-refractivity contribution in [1.82, 2.24) is 4.90 Å². The highest BCUT2D eigenvalue weighted by molar-refractivity contribution is 5.66. The molecule has 1 atom stereocenters. The number of hydrogen-bond donors (Lipinski definition) is 1. The van der Waals surface area contributed by atoms with Crippen LogP contribution in [0, 0.1) is 5.92 Å². The summed E-state index contributed by atoms with van der Waals surface area (Å²) in [6.45, 7) is 4.44. The second kappa shape index (κ2) is 8.35.